The minimum Gasteiger partial charge on any atom is -0.462 e. The fraction of sp³-hybridized carbons (Fsp3) is 0.105. The molecule has 1 aromatic carbocycles. The molecule has 25 heavy (non-hydrogen) atoms. The Balaban J connectivity index is 1.69. The number of hydrogen-bond donors (Lipinski definition) is 1. The Labute approximate surface area is 148 Å². The molecule has 0 saturated carbocycles. The highest BCUT2D eigenvalue weighted by atomic mass is 32.1. The van der Waals surface area contributed by atoms with E-state index in [1.807, 2.05) is 44.2 Å². The molecule has 0 atom stereocenters. The highest BCUT2D eigenvalue weighted by Gasteiger charge is 2.18. The zero-order valence-electron chi connectivity index (χ0n) is 13.7. The van der Waals surface area contributed by atoms with Gasteiger partial charge in [-0.3, -0.25) is 9.78 Å². The van der Waals surface area contributed by atoms with Crippen LogP contribution < -0.4 is 5.32 Å². The van der Waals surface area contributed by atoms with Gasteiger partial charge in [0.05, 0.1) is 17.5 Å². The van der Waals surface area contributed by atoms with Crippen molar-refractivity contribution in [1.82, 2.24) is 9.97 Å². The number of anilines is 1. The van der Waals surface area contributed by atoms with Gasteiger partial charge < -0.3 is 9.73 Å². The van der Waals surface area contributed by atoms with E-state index in [4.69, 9.17) is 4.42 Å². The second-order valence-corrected chi connectivity index (χ2v) is 6.89. The Kier molecular flexibility index (Phi) is 3.82. The Hall–Kier alpha value is -2.99. The van der Waals surface area contributed by atoms with E-state index in [2.05, 4.69) is 15.3 Å². The van der Waals surface area contributed by atoms with Gasteiger partial charge >= 0.3 is 0 Å². The fourth-order valence-corrected chi connectivity index (χ4v) is 3.60. The molecule has 0 unspecified atom stereocenters. The molecule has 0 aliphatic carbocycles. The Morgan fingerprint density at radius 2 is 2.04 bits per heavy atom. The second kappa shape index (κ2) is 6.14. The van der Waals surface area contributed by atoms with Crippen molar-refractivity contribution >= 4 is 33.8 Å². The SMILES string of the molecule is Cc1sc(-c2ccco2)nc1C(=O)Nc1ccc(C)c2ncccc12. The Morgan fingerprint density at radius 1 is 1.16 bits per heavy atom. The Bertz CT molecular complexity index is 1070. The fourth-order valence-electron chi connectivity index (χ4n) is 2.72. The van der Waals surface area contributed by atoms with Crippen molar-refractivity contribution in [2.45, 2.75) is 13.8 Å². The predicted molar refractivity (Wildman–Crippen MR) is 99.0 cm³/mol. The van der Waals surface area contributed by atoms with E-state index < -0.39 is 0 Å². The molecule has 0 spiro atoms. The monoisotopic (exact) mass is 349 g/mol. The van der Waals surface area contributed by atoms with E-state index in [-0.39, 0.29) is 5.91 Å². The van der Waals surface area contributed by atoms with Crippen LogP contribution in [0.5, 0.6) is 0 Å². The topological polar surface area (TPSA) is 68.0 Å². The number of nitrogens with zero attached hydrogens (tertiary/aromatic N) is 2. The summed E-state index contributed by atoms with van der Waals surface area (Å²) < 4.78 is 5.36. The number of hydrogen-bond acceptors (Lipinski definition) is 5. The lowest BCUT2D eigenvalue weighted by molar-refractivity contribution is 0.102. The van der Waals surface area contributed by atoms with E-state index >= 15 is 0 Å². The molecule has 0 saturated heterocycles. The summed E-state index contributed by atoms with van der Waals surface area (Å²) in [5, 5.41) is 4.57. The molecule has 4 aromatic rings. The molecule has 5 nitrogen and oxygen atoms in total. The normalized spacial score (nSPS) is 11.0. The lowest BCUT2D eigenvalue weighted by Gasteiger charge is -2.09. The zero-order valence-corrected chi connectivity index (χ0v) is 14.6. The molecule has 0 bridgehead atoms. The number of carbonyl (C=O) groups excluding carboxylic acids is 1. The number of aryl methyl sites for hydroxylation is 2. The minimum atomic E-state index is -0.236. The average Bonchev–Trinajstić information content (AvgIpc) is 3.27. The van der Waals surface area contributed by atoms with Crippen LogP contribution in [0.1, 0.15) is 20.9 Å². The van der Waals surface area contributed by atoms with Crippen LogP contribution in [0.4, 0.5) is 5.69 Å². The highest BCUT2D eigenvalue weighted by molar-refractivity contribution is 7.15. The summed E-state index contributed by atoms with van der Waals surface area (Å²) in [6.45, 7) is 3.88. The molecular formula is C19H15N3O2S. The first kappa shape index (κ1) is 15.5. The Morgan fingerprint density at radius 3 is 2.84 bits per heavy atom. The number of amides is 1. The van der Waals surface area contributed by atoms with Gasteiger partial charge in [-0.05, 0) is 49.7 Å². The van der Waals surface area contributed by atoms with Crippen LogP contribution >= 0.6 is 11.3 Å². The van der Waals surface area contributed by atoms with Gasteiger partial charge in [0.15, 0.2) is 10.8 Å². The highest BCUT2D eigenvalue weighted by Crippen LogP contribution is 2.29. The number of thiazole rings is 1. The molecule has 0 fully saturated rings. The van der Waals surface area contributed by atoms with Crippen LogP contribution in [-0.4, -0.2) is 15.9 Å². The third kappa shape index (κ3) is 2.81. The van der Waals surface area contributed by atoms with E-state index in [1.165, 1.54) is 11.3 Å². The molecule has 1 N–H and O–H groups in total. The molecule has 1 amide bonds. The maximum absolute atomic E-state index is 12.7. The van der Waals surface area contributed by atoms with Gasteiger partial charge in [0.25, 0.3) is 5.91 Å². The van der Waals surface area contributed by atoms with Crippen LogP contribution in [0.2, 0.25) is 0 Å². The van der Waals surface area contributed by atoms with E-state index in [1.54, 1.807) is 18.5 Å². The summed E-state index contributed by atoms with van der Waals surface area (Å²) in [6.07, 6.45) is 3.35. The van der Waals surface area contributed by atoms with Gasteiger partial charge in [-0.25, -0.2) is 4.98 Å². The summed E-state index contributed by atoms with van der Waals surface area (Å²) in [5.74, 6) is 0.428. The maximum Gasteiger partial charge on any atom is 0.275 e. The largest absolute Gasteiger partial charge is 0.462 e. The number of benzene rings is 1. The molecule has 0 aliphatic heterocycles. The smallest absolute Gasteiger partial charge is 0.275 e. The van der Waals surface area contributed by atoms with Crippen LogP contribution in [0, 0.1) is 13.8 Å². The zero-order chi connectivity index (χ0) is 17.4. The van der Waals surface area contributed by atoms with Crippen molar-refractivity contribution in [1.29, 1.82) is 0 Å². The van der Waals surface area contributed by atoms with Gasteiger partial charge in [-0.2, -0.15) is 0 Å². The summed E-state index contributed by atoms with van der Waals surface area (Å²) in [5.41, 5.74) is 3.09. The first-order valence-electron chi connectivity index (χ1n) is 7.80. The standard InChI is InChI=1S/C19H15N3O2S/c1-11-7-8-14(13-5-3-9-20-16(11)13)21-18(23)17-12(2)25-19(22-17)15-6-4-10-24-15/h3-10H,1-2H3,(H,21,23). The lowest BCUT2D eigenvalue weighted by atomic mass is 10.1. The van der Waals surface area contributed by atoms with Gasteiger partial charge in [-0.15, -0.1) is 11.3 Å². The van der Waals surface area contributed by atoms with Crippen LogP contribution in [0.25, 0.3) is 21.7 Å². The summed E-state index contributed by atoms with van der Waals surface area (Å²) >= 11 is 1.44. The molecule has 0 aliphatic rings. The number of carbonyl (C=O) groups is 1. The number of aromatic nitrogens is 2. The summed E-state index contributed by atoms with van der Waals surface area (Å²) in [7, 11) is 0. The molecule has 4 rings (SSSR count). The van der Waals surface area contributed by atoms with Gasteiger partial charge in [-0.1, -0.05) is 6.07 Å². The van der Waals surface area contributed by atoms with Crippen molar-refractivity contribution in [2.75, 3.05) is 5.32 Å². The van der Waals surface area contributed by atoms with Crippen LogP contribution in [-0.2, 0) is 0 Å². The van der Waals surface area contributed by atoms with E-state index in [9.17, 15) is 4.79 Å². The third-order valence-corrected chi connectivity index (χ3v) is 4.95. The first-order chi connectivity index (χ1) is 12.1. The van der Waals surface area contributed by atoms with Crippen molar-refractivity contribution in [3.63, 3.8) is 0 Å². The molecule has 124 valence electrons. The number of fused-ring (bicyclic) bond motifs is 1. The molecule has 3 aromatic heterocycles. The van der Waals surface area contributed by atoms with Crippen molar-refractivity contribution in [2.24, 2.45) is 0 Å². The molecule has 6 heteroatoms. The van der Waals surface area contributed by atoms with Gasteiger partial charge in [0.1, 0.15) is 5.69 Å². The average molecular weight is 349 g/mol. The maximum atomic E-state index is 12.7. The van der Waals surface area contributed by atoms with Crippen LogP contribution in [0.15, 0.2) is 53.3 Å². The van der Waals surface area contributed by atoms with Crippen molar-refractivity contribution < 1.29 is 9.21 Å². The van der Waals surface area contributed by atoms with E-state index in [0.29, 0.717) is 16.5 Å². The quantitative estimate of drug-likeness (QED) is 0.576. The van der Waals surface area contributed by atoms with Gasteiger partial charge in [0.2, 0.25) is 0 Å². The summed E-state index contributed by atoms with van der Waals surface area (Å²) in [6, 6.07) is 11.3. The summed E-state index contributed by atoms with van der Waals surface area (Å²) in [4.78, 5) is 22.4. The number of rotatable bonds is 3. The second-order valence-electron chi connectivity index (χ2n) is 5.68. The van der Waals surface area contributed by atoms with Crippen LogP contribution in [0.3, 0.4) is 0 Å². The van der Waals surface area contributed by atoms with E-state index in [0.717, 1.165) is 27.0 Å². The van der Waals surface area contributed by atoms with Crippen molar-refractivity contribution in [3.8, 4) is 10.8 Å². The lowest BCUT2D eigenvalue weighted by Crippen LogP contribution is -2.14. The number of furan rings is 1. The minimum absolute atomic E-state index is 0.236. The molecule has 3 heterocycles. The third-order valence-electron chi connectivity index (χ3n) is 3.96. The molecule has 0 radical (unpaired) electrons. The van der Waals surface area contributed by atoms with Gasteiger partial charge in [0, 0.05) is 16.5 Å². The number of pyridine rings is 1. The number of nitrogens with one attached hydrogen (secondary N) is 1. The predicted octanol–water partition coefficient (Wildman–Crippen LogP) is 4.82. The molecular weight excluding hydrogens is 334 g/mol. The van der Waals surface area contributed by atoms with Crippen molar-refractivity contribution in [3.05, 3.63) is 65.0 Å². The first-order valence-corrected chi connectivity index (χ1v) is 8.62.